The summed E-state index contributed by atoms with van der Waals surface area (Å²) in [5, 5.41) is 7.89. The number of nitrogens with zero attached hydrogens (tertiary/aromatic N) is 4. The van der Waals surface area contributed by atoms with Crippen LogP contribution in [0, 0.1) is 0 Å². The lowest BCUT2D eigenvalue weighted by molar-refractivity contribution is 0.0946. The molecule has 1 saturated heterocycles. The van der Waals surface area contributed by atoms with E-state index in [4.69, 9.17) is 5.10 Å². The molecule has 0 spiro atoms. The van der Waals surface area contributed by atoms with Crippen LogP contribution in [-0.4, -0.2) is 51.1 Å². The molecule has 3 heterocycles. The molecule has 1 aliphatic heterocycles. The summed E-state index contributed by atoms with van der Waals surface area (Å²) < 4.78 is 1.86. The number of hydrogen-bond donors (Lipinski definition) is 1. The van der Waals surface area contributed by atoms with Gasteiger partial charge in [-0.2, -0.15) is 5.10 Å². The summed E-state index contributed by atoms with van der Waals surface area (Å²) in [6, 6.07) is 2.68. The highest BCUT2D eigenvalue weighted by Gasteiger charge is 2.23. The zero-order valence-electron chi connectivity index (χ0n) is 19.0. The first-order chi connectivity index (χ1) is 13.7. The van der Waals surface area contributed by atoms with Crippen LogP contribution >= 0.6 is 0 Å². The average molecular weight is 400 g/mol. The van der Waals surface area contributed by atoms with Gasteiger partial charge in [0.05, 0.1) is 17.0 Å². The molecule has 29 heavy (non-hydrogen) atoms. The number of carbonyl (C=O) groups is 1. The summed E-state index contributed by atoms with van der Waals surface area (Å²) in [5.41, 5.74) is 3.28. The van der Waals surface area contributed by atoms with Gasteiger partial charge in [-0.25, -0.2) is 9.50 Å². The molecule has 0 bridgehead atoms. The number of likely N-dealkylation sites (tertiary alicyclic amines) is 1. The molecular weight excluding hydrogens is 362 g/mol. The molecule has 2 aromatic rings. The Kier molecular flexibility index (Phi) is 6.62. The topological polar surface area (TPSA) is 62.5 Å². The van der Waals surface area contributed by atoms with Crippen molar-refractivity contribution in [1.82, 2.24) is 24.8 Å². The van der Waals surface area contributed by atoms with Crippen LogP contribution in [0.3, 0.4) is 0 Å². The molecule has 1 atom stereocenters. The lowest BCUT2D eigenvalue weighted by atomic mass is 9.93. The predicted octanol–water partition coefficient (Wildman–Crippen LogP) is 4.14. The molecule has 1 amide bonds. The van der Waals surface area contributed by atoms with E-state index in [1.165, 1.54) is 25.8 Å². The third-order valence-electron chi connectivity index (χ3n) is 5.93. The van der Waals surface area contributed by atoms with Crippen molar-refractivity contribution >= 4 is 11.6 Å². The Morgan fingerprint density at radius 2 is 2.07 bits per heavy atom. The van der Waals surface area contributed by atoms with Gasteiger partial charge in [0.15, 0.2) is 5.65 Å². The van der Waals surface area contributed by atoms with Gasteiger partial charge in [-0.1, -0.05) is 41.0 Å². The van der Waals surface area contributed by atoms with Crippen LogP contribution in [0.1, 0.15) is 94.9 Å². The Hall–Kier alpha value is -1.95. The van der Waals surface area contributed by atoms with Crippen LogP contribution in [0.15, 0.2) is 12.3 Å². The summed E-state index contributed by atoms with van der Waals surface area (Å²) >= 11 is 0. The highest BCUT2D eigenvalue weighted by molar-refractivity contribution is 5.95. The van der Waals surface area contributed by atoms with Gasteiger partial charge in [0.1, 0.15) is 0 Å². The summed E-state index contributed by atoms with van der Waals surface area (Å²) in [6.45, 7) is 15.8. The van der Waals surface area contributed by atoms with Crippen LogP contribution in [-0.2, 0) is 5.41 Å². The summed E-state index contributed by atoms with van der Waals surface area (Å²) in [6.07, 6.45) is 6.60. The van der Waals surface area contributed by atoms with Gasteiger partial charge in [0.2, 0.25) is 0 Å². The van der Waals surface area contributed by atoms with Gasteiger partial charge < -0.3 is 10.2 Å². The standard InChI is InChI=1S/C23H37N5O/c1-16(2)21-18(15-25-20-14-19(23(4,5)6)26-28(20)21)22(29)24-11-9-13-27-12-8-7-10-17(27)3/h14-17H,7-13H2,1-6H3,(H,24,29). The molecule has 2 aromatic heterocycles. The molecule has 6 nitrogen and oxygen atoms in total. The van der Waals surface area contributed by atoms with E-state index in [2.05, 4.69) is 56.7 Å². The van der Waals surface area contributed by atoms with Gasteiger partial charge in [0, 0.05) is 36.8 Å². The van der Waals surface area contributed by atoms with Crippen molar-refractivity contribution < 1.29 is 4.79 Å². The molecule has 1 N–H and O–H groups in total. The van der Waals surface area contributed by atoms with Crippen molar-refractivity contribution in [3.8, 4) is 0 Å². The van der Waals surface area contributed by atoms with Crippen molar-refractivity contribution in [1.29, 1.82) is 0 Å². The lowest BCUT2D eigenvalue weighted by Crippen LogP contribution is -2.39. The Bertz CT molecular complexity index is 849. The van der Waals surface area contributed by atoms with Crippen LogP contribution in [0.2, 0.25) is 0 Å². The Labute approximate surface area is 175 Å². The fourth-order valence-corrected chi connectivity index (χ4v) is 4.12. The van der Waals surface area contributed by atoms with E-state index < -0.39 is 0 Å². The Morgan fingerprint density at radius 1 is 1.31 bits per heavy atom. The van der Waals surface area contributed by atoms with Crippen LogP contribution < -0.4 is 5.32 Å². The molecule has 0 radical (unpaired) electrons. The SMILES string of the molecule is CC(C)c1c(C(=O)NCCCN2CCCCC2C)cnc2cc(C(C)(C)C)nn12. The maximum Gasteiger partial charge on any atom is 0.254 e. The van der Waals surface area contributed by atoms with E-state index in [-0.39, 0.29) is 17.2 Å². The van der Waals surface area contributed by atoms with Crippen LogP contribution in [0.4, 0.5) is 0 Å². The Balaban J connectivity index is 1.71. The minimum atomic E-state index is -0.0596. The van der Waals surface area contributed by atoms with Gasteiger partial charge in [-0.3, -0.25) is 4.79 Å². The number of hydrogen-bond acceptors (Lipinski definition) is 4. The quantitative estimate of drug-likeness (QED) is 0.742. The number of amides is 1. The van der Waals surface area contributed by atoms with Crippen LogP contribution in [0.5, 0.6) is 0 Å². The molecule has 1 aliphatic rings. The second kappa shape index (κ2) is 8.82. The van der Waals surface area contributed by atoms with Gasteiger partial charge in [-0.05, 0) is 38.6 Å². The Morgan fingerprint density at radius 3 is 2.72 bits per heavy atom. The molecule has 3 rings (SSSR count). The number of nitrogens with one attached hydrogen (secondary N) is 1. The van der Waals surface area contributed by atoms with E-state index in [9.17, 15) is 4.79 Å². The summed E-state index contributed by atoms with van der Waals surface area (Å²) in [5.74, 6) is 0.116. The highest BCUT2D eigenvalue weighted by atomic mass is 16.1. The van der Waals surface area contributed by atoms with Crippen LogP contribution in [0.25, 0.3) is 5.65 Å². The first-order valence-corrected chi connectivity index (χ1v) is 11.1. The first-order valence-electron chi connectivity index (χ1n) is 11.1. The van der Waals surface area contributed by atoms with Gasteiger partial charge in [0.25, 0.3) is 5.91 Å². The van der Waals surface area contributed by atoms with Crippen molar-refractivity contribution in [2.75, 3.05) is 19.6 Å². The monoisotopic (exact) mass is 399 g/mol. The fraction of sp³-hybridized carbons (Fsp3) is 0.696. The number of piperidine rings is 1. The van der Waals surface area contributed by atoms with E-state index >= 15 is 0 Å². The molecular formula is C23H37N5O. The molecule has 1 unspecified atom stereocenters. The second-order valence-corrected chi connectivity index (χ2v) is 9.75. The molecule has 0 aromatic carbocycles. The minimum Gasteiger partial charge on any atom is -0.352 e. The van der Waals surface area contributed by atoms with E-state index in [0.29, 0.717) is 18.2 Å². The van der Waals surface area contributed by atoms with Crippen molar-refractivity contribution in [3.63, 3.8) is 0 Å². The van der Waals surface area contributed by atoms with E-state index in [0.717, 1.165) is 30.0 Å². The lowest BCUT2D eigenvalue weighted by Gasteiger charge is -2.33. The number of aromatic nitrogens is 3. The minimum absolute atomic E-state index is 0.0531. The summed E-state index contributed by atoms with van der Waals surface area (Å²) in [4.78, 5) is 20.0. The predicted molar refractivity (Wildman–Crippen MR) is 118 cm³/mol. The van der Waals surface area contributed by atoms with Gasteiger partial charge >= 0.3 is 0 Å². The normalized spacial score (nSPS) is 18.5. The number of fused-ring (bicyclic) bond motifs is 1. The van der Waals surface area contributed by atoms with Gasteiger partial charge in [-0.15, -0.1) is 0 Å². The summed E-state index contributed by atoms with van der Waals surface area (Å²) in [7, 11) is 0. The van der Waals surface area contributed by atoms with E-state index in [1.54, 1.807) is 6.20 Å². The number of rotatable bonds is 6. The largest absolute Gasteiger partial charge is 0.352 e. The maximum absolute atomic E-state index is 12.9. The first kappa shape index (κ1) is 21.8. The molecule has 160 valence electrons. The van der Waals surface area contributed by atoms with Crippen molar-refractivity contribution in [3.05, 3.63) is 29.2 Å². The van der Waals surface area contributed by atoms with Crippen molar-refractivity contribution in [2.45, 2.75) is 84.6 Å². The smallest absolute Gasteiger partial charge is 0.254 e. The second-order valence-electron chi connectivity index (χ2n) is 9.75. The zero-order valence-corrected chi connectivity index (χ0v) is 19.0. The molecule has 0 saturated carbocycles. The molecule has 1 fully saturated rings. The highest BCUT2D eigenvalue weighted by Crippen LogP contribution is 2.25. The molecule has 0 aliphatic carbocycles. The fourth-order valence-electron chi connectivity index (χ4n) is 4.12. The third kappa shape index (κ3) is 4.97. The number of carbonyl (C=O) groups excluding carboxylic acids is 1. The average Bonchev–Trinajstić information content (AvgIpc) is 3.10. The van der Waals surface area contributed by atoms with E-state index in [1.807, 2.05) is 10.6 Å². The van der Waals surface area contributed by atoms with Crippen molar-refractivity contribution in [2.24, 2.45) is 0 Å². The maximum atomic E-state index is 12.9. The molecule has 6 heteroatoms. The zero-order chi connectivity index (χ0) is 21.2. The third-order valence-corrected chi connectivity index (χ3v) is 5.93.